The van der Waals surface area contributed by atoms with Crippen molar-refractivity contribution in [3.8, 4) is 5.75 Å². The minimum Gasteiger partial charge on any atom is -0.491 e. The van der Waals surface area contributed by atoms with E-state index in [2.05, 4.69) is 4.28 Å². The number of halogens is 3. The first kappa shape index (κ1) is 20.0. The summed E-state index contributed by atoms with van der Waals surface area (Å²) in [6.45, 7) is 0.452. The van der Waals surface area contributed by atoms with Crippen LogP contribution in [-0.4, -0.2) is 51.1 Å². The van der Waals surface area contributed by atoms with E-state index in [4.69, 9.17) is 9.47 Å². The van der Waals surface area contributed by atoms with Gasteiger partial charge in [0.1, 0.15) is 12.4 Å². The van der Waals surface area contributed by atoms with E-state index in [0.29, 0.717) is 11.1 Å². The van der Waals surface area contributed by atoms with Crippen molar-refractivity contribution in [1.82, 2.24) is 5.06 Å². The van der Waals surface area contributed by atoms with E-state index in [1.807, 2.05) is 0 Å². The molecule has 2 aromatic rings. The van der Waals surface area contributed by atoms with Crippen LogP contribution in [0.2, 0.25) is 0 Å². The summed E-state index contributed by atoms with van der Waals surface area (Å²) >= 11 is 0. The van der Waals surface area contributed by atoms with E-state index in [0.717, 1.165) is 0 Å². The lowest BCUT2D eigenvalue weighted by atomic mass is 9.94. The molecule has 0 N–H and O–H groups in total. The van der Waals surface area contributed by atoms with Crippen LogP contribution in [0.25, 0.3) is 10.8 Å². The number of nitrogens with zero attached hydrogens (tertiary/aromatic N) is 1. The Labute approximate surface area is 156 Å². The molecule has 0 unspecified atom stereocenters. The van der Waals surface area contributed by atoms with Gasteiger partial charge in [0.2, 0.25) is 0 Å². The van der Waals surface area contributed by atoms with Gasteiger partial charge in [-0.3, -0.25) is 9.59 Å². The molecule has 0 saturated carbocycles. The summed E-state index contributed by atoms with van der Waals surface area (Å²) in [5.41, 5.74) is -6.22. The fourth-order valence-corrected chi connectivity index (χ4v) is 3.03. The Hall–Kier alpha value is -2.70. The maximum atomic E-state index is 12.6. The van der Waals surface area contributed by atoms with E-state index in [-0.39, 0.29) is 29.7 Å². The Morgan fingerprint density at radius 3 is 2.25 bits per heavy atom. The van der Waals surface area contributed by atoms with Gasteiger partial charge in [-0.15, -0.1) is 9.35 Å². The number of carbonyl (C=O) groups excluding carboxylic acids is 2. The van der Waals surface area contributed by atoms with Crippen molar-refractivity contribution >= 4 is 32.7 Å². The number of imide groups is 1. The fraction of sp³-hybridized carbons (Fsp3) is 0.250. The van der Waals surface area contributed by atoms with Crippen LogP contribution >= 0.6 is 0 Å². The quantitative estimate of drug-likeness (QED) is 0.402. The number of amides is 2. The van der Waals surface area contributed by atoms with Crippen molar-refractivity contribution < 1.29 is 44.9 Å². The van der Waals surface area contributed by atoms with Gasteiger partial charge in [0.25, 0.3) is 11.8 Å². The number of carbonyl (C=O) groups is 2. The summed E-state index contributed by atoms with van der Waals surface area (Å²) in [7, 11) is -4.74. The van der Waals surface area contributed by atoms with Crippen LogP contribution < -0.4 is 4.74 Å². The molecule has 0 atom stereocenters. The van der Waals surface area contributed by atoms with Crippen molar-refractivity contribution in [2.45, 2.75) is 5.51 Å². The summed E-state index contributed by atoms with van der Waals surface area (Å²) in [5, 5.41) is 0.0635. The number of rotatable bonds is 6. The van der Waals surface area contributed by atoms with Crippen LogP contribution in [-0.2, 0) is 19.1 Å². The first-order valence-corrected chi connectivity index (χ1v) is 9.06. The van der Waals surface area contributed by atoms with Crippen LogP contribution in [0, 0.1) is 0 Å². The lowest BCUT2D eigenvalue weighted by Crippen LogP contribution is -2.44. The molecule has 1 heterocycles. The standard InChI is InChI=1S/C16H12F3NO7S/c1-25-7-8-26-12-6-5-11-13-9(12)3-2-4-10(13)14(21)20(15(11)22)27-28(23,24)16(17,18)19/h2-6H,7-8H2,1H3. The third kappa shape index (κ3) is 3.30. The van der Waals surface area contributed by atoms with Gasteiger partial charge in [-0.1, -0.05) is 12.1 Å². The van der Waals surface area contributed by atoms with Crippen molar-refractivity contribution in [1.29, 1.82) is 0 Å². The van der Waals surface area contributed by atoms with Crippen molar-refractivity contribution in [3.63, 3.8) is 0 Å². The predicted molar refractivity (Wildman–Crippen MR) is 87.9 cm³/mol. The maximum absolute atomic E-state index is 12.6. The lowest BCUT2D eigenvalue weighted by molar-refractivity contribution is -0.0761. The Bertz CT molecular complexity index is 1040. The number of alkyl halides is 3. The fourth-order valence-electron chi connectivity index (χ4n) is 2.62. The van der Waals surface area contributed by atoms with Gasteiger partial charge >= 0.3 is 15.6 Å². The summed E-state index contributed by atoms with van der Waals surface area (Å²) in [6.07, 6.45) is 0. The van der Waals surface area contributed by atoms with E-state index in [9.17, 15) is 31.2 Å². The Morgan fingerprint density at radius 1 is 1.00 bits per heavy atom. The van der Waals surface area contributed by atoms with Gasteiger partial charge in [0.15, 0.2) is 0 Å². The predicted octanol–water partition coefficient (Wildman–Crippen LogP) is 2.24. The largest absolute Gasteiger partial charge is 0.525 e. The number of hydrogen-bond donors (Lipinski definition) is 0. The lowest BCUT2D eigenvalue weighted by Gasteiger charge is -2.26. The van der Waals surface area contributed by atoms with Crippen LogP contribution in [0.15, 0.2) is 30.3 Å². The molecule has 0 aromatic heterocycles. The van der Waals surface area contributed by atoms with Gasteiger partial charge in [-0.25, -0.2) is 0 Å². The molecule has 0 radical (unpaired) electrons. The zero-order valence-corrected chi connectivity index (χ0v) is 15.0. The zero-order chi connectivity index (χ0) is 20.7. The molecular formula is C16H12F3NO7S. The van der Waals surface area contributed by atoms with Crippen LogP contribution in [0.5, 0.6) is 5.75 Å². The molecule has 150 valence electrons. The molecule has 2 aromatic carbocycles. The van der Waals surface area contributed by atoms with Crippen LogP contribution in [0.4, 0.5) is 13.2 Å². The highest BCUT2D eigenvalue weighted by molar-refractivity contribution is 7.87. The number of ether oxygens (including phenoxy) is 2. The Morgan fingerprint density at radius 2 is 1.64 bits per heavy atom. The topological polar surface area (TPSA) is 99.2 Å². The van der Waals surface area contributed by atoms with Gasteiger partial charge in [0, 0.05) is 17.9 Å². The molecule has 28 heavy (non-hydrogen) atoms. The summed E-state index contributed by atoms with van der Waals surface area (Å²) < 4.78 is 74.4. The third-order valence-electron chi connectivity index (χ3n) is 3.83. The monoisotopic (exact) mass is 419 g/mol. The normalized spacial score (nSPS) is 14.6. The molecule has 0 bridgehead atoms. The second-order valence-corrected chi connectivity index (χ2v) is 7.08. The number of benzene rings is 2. The molecular weight excluding hydrogens is 407 g/mol. The molecule has 2 amide bonds. The van der Waals surface area contributed by atoms with Gasteiger partial charge in [0.05, 0.1) is 17.7 Å². The minimum atomic E-state index is -6.21. The molecule has 0 aliphatic carbocycles. The highest BCUT2D eigenvalue weighted by Gasteiger charge is 2.51. The van der Waals surface area contributed by atoms with Crippen molar-refractivity contribution in [3.05, 3.63) is 41.5 Å². The van der Waals surface area contributed by atoms with Gasteiger partial charge < -0.3 is 9.47 Å². The van der Waals surface area contributed by atoms with Crippen LogP contribution in [0.3, 0.4) is 0 Å². The average Bonchev–Trinajstić information content (AvgIpc) is 2.63. The number of hydroxylamine groups is 2. The molecule has 3 rings (SSSR count). The molecule has 1 aliphatic heterocycles. The molecule has 0 spiro atoms. The molecule has 12 heteroatoms. The zero-order valence-electron chi connectivity index (χ0n) is 14.1. The highest BCUT2D eigenvalue weighted by Crippen LogP contribution is 2.36. The number of hydrogen-bond acceptors (Lipinski definition) is 7. The van der Waals surface area contributed by atoms with Gasteiger partial charge in [-0.2, -0.15) is 21.6 Å². The second-order valence-electron chi connectivity index (χ2n) is 5.56. The SMILES string of the molecule is COCCOc1ccc2c3c(cccc13)C(=O)N(OS(=O)(=O)C(F)(F)F)C2=O. The highest BCUT2D eigenvalue weighted by atomic mass is 32.2. The minimum absolute atomic E-state index is 0.122. The third-order valence-corrected chi connectivity index (χ3v) is 4.74. The summed E-state index contributed by atoms with van der Waals surface area (Å²) in [5.74, 6) is -2.37. The van der Waals surface area contributed by atoms with Crippen molar-refractivity contribution in [2.24, 2.45) is 0 Å². The van der Waals surface area contributed by atoms with Gasteiger partial charge in [-0.05, 0) is 18.2 Å². The smallest absolute Gasteiger partial charge is 0.491 e. The summed E-state index contributed by atoms with van der Waals surface area (Å²) in [6, 6.07) is 6.78. The first-order valence-electron chi connectivity index (χ1n) is 7.65. The average molecular weight is 419 g/mol. The molecule has 0 fully saturated rings. The maximum Gasteiger partial charge on any atom is 0.525 e. The van der Waals surface area contributed by atoms with Crippen LogP contribution in [0.1, 0.15) is 20.7 Å². The van der Waals surface area contributed by atoms with Crippen molar-refractivity contribution in [2.75, 3.05) is 20.3 Å². The van der Waals surface area contributed by atoms with E-state index < -0.39 is 32.5 Å². The molecule has 1 aliphatic rings. The second kappa shape index (κ2) is 7.04. The van der Waals surface area contributed by atoms with E-state index in [1.54, 1.807) is 6.07 Å². The first-order chi connectivity index (χ1) is 13.1. The molecule has 8 nitrogen and oxygen atoms in total. The van der Waals surface area contributed by atoms with E-state index >= 15 is 0 Å². The molecule has 0 saturated heterocycles. The Balaban J connectivity index is 2.07. The summed E-state index contributed by atoms with van der Waals surface area (Å²) in [4.78, 5) is 25.0. The number of methoxy groups -OCH3 is 1. The Kier molecular flexibility index (Phi) is 5.04. The van der Waals surface area contributed by atoms with E-state index in [1.165, 1.54) is 31.4 Å².